The number of sulfonamides is 1. The van der Waals surface area contributed by atoms with Crippen LogP contribution < -0.4 is 4.72 Å². The summed E-state index contributed by atoms with van der Waals surface area (Å²) in [5.74, 6) is 0.406. The van der Waals surface area contributed by atoms with E-state index in [0.717, 1.165) is 40.4 Å². The van der Waals surface area contributed by atoms with Gasteiger partial charge in [0.25, 0.3) is 0 Å². The molecule has 0 aromatic heterocycles. The zero-order chi connectivity index (χ0) is 15.8. The van der Waals surface area contributed by atoms with Crippen LogP contribution in [-0.4, -0.2) is 14.5 Å². The molecule has 0 amide bonds. The predicted octanol–water partition coefficient (Wildman–Crippen LogP) is 4.23. The Bertz CT molecular complexity index is 640. The summed E-state index contributed by atoms with van der Waals surface area (Å²) in [6.45, 7) is 7.85. The molecule has 1 N–H and O–H groups in total. The number of rotatable bonds is 3. The normalized spacial score (nSPS) is 23.3. The van der Waals surface area contributed by atoms with Gasteiger partial charge in [-0.25, -0.2) is 13.1 Å². The topological polar surface area (TPSA) is 46.2 Å². The molecular formula is C16H24BrNO2S. The largest absolute Gasteiger partial charge is 0.241 e. The van der Waals surface area contributed by atoms with Crippen LogP contribution in [0.25, 0.3) is 0 Å². The zero-order valence-electron chi connectivity index (χ0n) is 13.2. The van der Waals surface area contributed by atoms with Gasteiger partial charge in [-0.2, -0.15) is 0 Å². The Morgan fingerprint density at radius 3 is 2.38 bits per heavy atom. The molecule has 1 aliphatic rings. The molecule has 0 bridgehead atoms. The third-order valence-corrected chi connectivity index (χ3v) is 7.49. The van der Waals surface area contributed by atoms with Gasteiger partial charge in [0.2, 0.25) is 10.0 Å². The monoisotopic (exact) mass is 373 g/mol. The maximum absolute atomic E-state index is 12.8. The minimum Gasteiger partial charge on any atom is -0.208 e. The Labute approximate surface area is 136 Å². The van der Waals surface area contributed by atoms with Crippen LogP contribution >= 0.6 is 15.9 Å². The Kier molecular flexibility index (Phi) is 5.16. The molecule has 0 heterocycles. The lowest BCUT2D eigenvalue weighted by molar-refractivity contribution is 0.310. The molecule has 0 saturated heterocycles. The lowest BCUT2D eigenvalue weighted by Gasteiger charge is -2.29. The minimum atomic E-state index is -3.47. The molecule has 1 aromatic carbocycles. The van der Waals surface area contributed by atoms with Crippen molar-refractivity contribution in [1.82, 2.24) is 4.72 Å². The Balaban J connectivity index is 2.38. The first-order valence-corrected chi connectivity index (χ1v) is 9.80. The number of nitrogens with one attached hydrogen (secondary N) is 1. The summed E-state index contributed by atoms with van der Waals surface area (Å²) in [7, 11) is -3.47. The van der Waals surface area contributed by atoms with Gasteiger partial charge in [-0.15, -0.1) is 0 Å². The lowest BCUT2D eigenvalue weighted by atomic mass is 9.87. The minimum absolute atomic E-state index is 0.0580. The van der Waals surface area contributed by atoms with Crippen molar-refractivity contribution in [3.63, 3.8) is 0 Å². The summed E-state index contributed by atoms with van der Waals surface area (Å²) in [5.41, 5.74) is 2.67. The molecule has 21 heavy (non-hydrogen) atoms. The molecule has 1 aromatic rings. The van der Waals surface area contributed by atoms with Crippen molar-refractivity contribution in [1.29, 1.82) is 0 Å². The van der Waals surface area contributed by atoms with E-state index >= 15 is 0 Å². The molecule has 0 unspecified atom stereocenters. The van der Waals surface area contributed by atoms with E-state index in [1.54, 1.807) is 0 Å². The second-order valence-electron chi connectivity index (χ2n) is 6.27. The van der Waals surface area contributed by atoms with Crippen molar-refractivity contribution in [2.75, 3.05) is 0 Å². The number of hydrogen-bond donors (Lipinski definition) is 1. The summed E-state index contributed by atoms with van der Waals surface area (Å²) >= 11 is 3.50. The van der Waals surface area contributed by atoms with E-state index in [-0.39, 0.29) is 6.04 Å². The molecule has 0 radical (unpaired) electrons. The molecule has 0 aliphatic heterocycles. The number of aryl methyl sites for hydroxylation is 2. The molecule has 1 fully saturated rings. The van der Waals surface area contributed by atoms with E-state index < -0.39 is 10.0 Å². The number of halogens is 1. The number of hydrogen-bond acceptors (Lipinski definition) is 2. The maximum Gasteiger partial charge on any atom is 0.241 e. The van der Waals surface area contributed by atoms with Gasteiger partial charge in [-0.3, -0.25) is 0 Å². The smallest absolute Gasteiger partial charge is 0.208 e. The van der Waals surface area contributed by atoms with E-state index in [0.29, 0.717) is 10.8 Å². The Morgan fingerprint density at radius 1 is 1.14 bits per heavy atom. The van der Waals surface area contributed by atoms with E-state index in [9.17, 15) is 8.42 Å². The second-order valence-corrected chi connectivity index (χ2v) is 8.71. The highest BCUT2D eigenvalue weighted by Gasteiger charge is 2.29. The van der Waals surface area contributed by atoms with E-state index in [1.165, 1.54) is 6.42 Å². The molecule has 1 saturated carbocycles. The van der Waals surface area contributed by atoms with Gasteiger partial charge in [-0.1, -0.05) is 41.8 Å². The van der Waals surface area contributed by atoms with Crippen molar-refractivity contribution in [2.45, 2.75) is 64.3 Å². The average Bonchev–Trinajstić information content (AvgIpc) is 2.38. The summed E-state index contributed by atoms with van der Waals surface area (Å²) in [6.07, 6.45) is 4.34. The van der Waals surface area contributed by atoms with Gasteiger partial charge in [0, 0.05) is 10.5 Å². The first kappa shape index (κ1) is 17.0. The molecule has 2 rings (SSSR count). The fourth-order valence-corrected chi connectivity index (χ4v) is 5.61. The van der Waals surface area contributed by atoms with Gasteiger partial charge in [0.05, 0.1) is 4.90 Å². The van der Waals surface area contributed by atoms with Gasteiger partial charge in [0.15, 0.2) is 0 Å². The zero-order valence-corrected chi connectivity index (χ0v) is 15.6. The molecule has 0 spiro atoms. The third-order valence-electron chi connectivity index (χ3n) is 4.49. The van der Waals surface area contributed by atoms with Gasteiger partial charge < -0.3 is 0 Å². The van der Waals surface area contributed by atoms with Crippen LogP contribution in [-0.2, 0) is 10.0 Å². The van der Waals surface area contributed by atoms with E-state index in [2.05, 4.69) is 27.6 Å². The Morgan fingerprint density at radius 2 is 1.76 bits per heavy atom. The van der Waals surface area contributed by atoms with Crippen LogP contribution in [0.4, 0.5) is 0 Å². The first-order valence-electron chi connectivity index (χ1n) is 7.52. The predicted molar refractivity (Wildman–Crippen MR) is 90.1 cm³/mol. The summed E-state index contributed by atoms with van der Waals surface area (Å²) in [6, 6.07) is 1.98. The van der Waals surface area contributed by atoms with Crippen molar-refractivity contribution in [2.24, 2.45) is 5.92 Å². The van der Waals surface area contributed by atoms with E-state index in [4.69, 9.17) is 0 Å². The van der Waals surface area contributed by atoms with Crippen LogP contribution in [0.5, 0.6) is 0 Å². The highest BCUT2D eigenvalue weighted by Crippen LogP contribution is 2.31. The highest BCUT2D eigenvalue weighted by molar-refractivity contribution is 9.10. The molecule has 3 nitrogen and oxygen atoms in total. The van der Waals surface area contributed by atoms with Crippen LogP contribution in [0, 0.1) is 26.7 Å². The third kappa shape index (κ3) is 3.51. The SMILES string of the molecule is Cc1cc(C)c(S(=O)(=O)N[C@H]2CCCC[C@@H]2C)c(C)c1Br. The van der Waals surface area contributed by atoms with Gasteiger partial charge in [0.1, 0.15) is 0 Å². The van der Waals surface area contributed by atoms with Crippen molar-refractivity contribution in [3.8, 4) is 0 Å². The molecular weight excluding hydrogens is 350 g/mol. The average molecular weight is 374 g/mol. The fourth-order valence-electron chi connectivity index (χ4n) is 3.31. The standard InChI is InChI=1S/C16H24BrNO2S/c1-10-7-5-6-8-14(10)18-21(19,20)16-12(3)9-11(2)15(17)13(16)4/h9-10,14,18H,5-8H2,1-4H3/t10-,14-/m0/s1. The first-order chi connectivity index (χ1) is 9.74. The van der Waals surface area contributed by atoms with Crippen LogP contribution in [0.1, 0.15) is 49.3 Å². The van der Waals surface area contributed by atoms with E-state index in [1.807, 2.05) is 26.8 Å². The maximum atomic E-state index is 12.8. The fraction of sp³-hybridized carbons (Fsp3) is 0.625. The summed E-state index contributed by atoms with van der Waals surface area (Å²) in [4.78, 5) is 0.428. The lowest BCUT2D eigenvalue weighted by Crippen LogP contribution is -2.41. The van der Waals surface area contributed by atoms with Crippen LogP contribution in [0.3, 0.4) is 0 Å². The van der Waals surface area contributed by atoms with Crippen LogP contribution in [0.15, 0.2) is 15.4 Å². The second kappa shape index (κ2) is 6.39. The molecule has 2 atom stereocenters. The molecule has 1 aliphatic carbocycles. The van der Waals surface area contributed by atoms with Gasteiger partial charge in [-0.05, 0) is 56.2 Å². The van der Waals surface area contributed by atoms with Crippen molar-refractivity contribution >= 4 is 26.0 Å². The summed E-state index contributed by atoms with van der Waals surface area (Å²) in [5, 5.41) is 0. The number of benzene rings is 1. The summed E-state index contributed by atoms with van der Waals surface area (Å²) < 4.78 is 29.5. The molecule has 118 valence electrons. The van der Waals surface area contributed by atoms with Gasteiger partial charge >= 0.3 is 0 Å². The molecule has 5 heteroatoms. The highest BCUT2D eigenvalue weighted by atomic mass is 79.9. The van der Waals surface area contributed by atoms with Crippen molar-refractivity contribution in [3.05, 3.63) is 27.2 Å². The Hall–Kier alpha value is -0.390. The van der Waals surface area contributed by atoms with Crippen LogP contribution in [0.2, 0.25) is 0 Å². The van der Waals surface area contributed by atoms with Crippen molar-refractivity contribution < 1.29 is 8.42 Å². The quantitative estimate of drug-likeness (QED) is 0.861.